The first kappa shape index (κ1) is 10.9. The van der Waals surface area contributed by atoms with Crippen molar-refractivity contribution in [3.63, 3.8) is 0 Å². The van der Waals surface area contributed by atoms with Crippen molar-refractivity contribution in [1.29, 1.82) is 0 Å². The molecule has 1 aliphatic rings. The van der Waals surface area contributed by atoms with Crippen LogP contribution in [-0.2, 0) is 0 Å². The zero-order chi connectivity index (χ0) is 11.7. The van der Waals surface area contributed by atoms with Gasteiger partial charge in [0.2, 0.25) is 5.82 Å². The van der Waals surface area contributed by atoms with Crippen LogP contribution in [0.15, 0.2) is 9.59 Å². The second-order valence-electron chi connectivity index (χ2n) is 4.20. The Labute approximate surface area is 91.9 Å². The number of nitrogens with zero attached hydrogens (tertiary/aromatic N) is 2. The SMILES string of the molecule is CC1CN(c2n[nH]c(=O)[nH]c2=O)CC(C)N1. The highest BCUT2D eigenvalue weighted by Gasteiger charge is 2.23. The number of aromatic amines is 2. The summed E-state index contributed by atoms with van der Waals surface area (Å²) in [6.07, 6.45) is 0. The Bertz CT molecular complexity index is 469. The molecule has 2 heterocycles. The van der Waals surface area contributed by atoms with E-state index in [-0.39, 0.29) is 17.9 Å². The predicted octanol–water partition coefficient (Wildman–Crippen LogP) is -1.36. The summed E-state index contributed by atoms with van der Waals surface area (Å²) in [6.45, 7) is 5.49. The number of hydrogen-bond donors (Lipinski definition) is 3. The van der Waals surface area contributed by atoms with Crippen molar-refractivity contribution in [2.45, 2.75) is 25.9 Å². The van der Waals surface area contributed by atoms with Gasteiger partial charge in [-0.1, -0.05) is 0 Å². The van der Waals surface area contributed by atoms with E-state index in [1.54, 1.807) is 0 Å². The van der Waals surface area contributed by atoms with Gasteiger partial charge in [0, 0.05) is 25.2 Å². The molecule has 0 spiro atoms. The van der Waals surface area contributed by atoms with Crippen molar-refractivity contribution in [1.82, 2.24) is 20.5 Å². The molecule has 0 radical (unpaired) electrons. The summed E-state index contributed by atoms with van der Waals surface area (Å²) < 4.78 is 0. The van der Waals surface area contributed by atoms with E-state index in [1.807, 2.05) is 18.7 Å². The molecule has 0 bridgehead atoms. The van der Waals surface area contributed by atoms with Gasteiger partial charge in [-0.2, -0.15) is 0 Å². The first-order chi connectivity index (χ1) is 7.56. The molecule has 16 heavy (non-hydrogen) atoms. The fourth-order valence-electron chi connectivity index (χ4n) is 2.06. The van der Waals surface area contributed by atoms with Crippen LogP contribution in [-0.4, -0.2) is 40.4 Å². The standard InChI is InChI=1S/C9H15N5O2/c1-5-3-14(4-6(2)10-5)7-8(15)11-9(16)13-12-7/h5-6,10H,3-4H2,1-2H3,(H2,11,13,15,16). The van der Waals surface area contributed by atoms with Crippen molar-refractivity contribution < 1.29 is 0 Å². The third-order valence-corrected chi connectivity index (χ3v) is 2.55. The van der Waals surface area contributed by atoms with E-state index >= 15 is 0 Å². The van der Waals surface area contributed by atoms with Crippen LogP contribution in [0.5, 0.6) is 0 Å². The Balaban J connectivity index is 2.30. The molecule has 0 aromatic carbocycles. The molecule has 7 nitrogen and oxygen atoms in total. The van der Waals surface area contributed by atoms with E-state index in [4.69, 9.17) is 0 Å². The second-order valence-corrected chi connectivity index (χ2v) is 4.20. The average molecular weight is 225 g/mol. The minimum absolute atomic E-state index is 0.278. The maximum Gasteiger partial charge on any atom is 0.342 e. The lowest BCUT2D eigenvalue weighted by atomic mass is 10.1. The monoisotopic (exact) mass is 225 g/mol. The lowest BCUT2D eigenvalue weighted by molar-refractivity contribution is 0.403. The molecule has 2 unspecified atom stereocenters. The van der Waals surface area contributed by atoms with Gasteiger partial charge in [-0.05, 0) is 13.8 Å². The smallest absolute Gasteiger partial charge is 0.342 e. The van der Waals surface area contributed by atoms with Gasteiger partial charge in [-0.25, -0.2) is 9.89 Å². The molecule has 1 fully saturated rings. The Kier molecular flexibility index (Phi) is 2.78. The fraction of sp³-hybridized carbons (Fsp3) is 0.667. The molecule has 2 atom stereocenters. The van der Waals surface area contributed by atoms with Gasteiger partial charge in [0.05, 0.1) is 0 Å². The van der Waals surface area contributed by atoms with Crippen molar-refractivity contribution >= 4 is 5.82 Å². The Morgan fingerprint density at radius 3 is 2.44 bits per heavy atom. The molecule has 0 aliphatic carbocycles. The summed E-state index contributed by atoms with van der Waals surface area (Å²) in [5.41, 5.74) is -1.02. The highest BCUT2D eigenvalue weighted by Crippen LogP contribution is 2.08. The summed E-state index contributed by atoms with van der Waals surface area (Å²) in [7, 11) is 0. The van der Waals surface area contributed by atoms with E-state index < -0.39 is 11.2 Å². The molecule has 1 aromatic rings. The quantitative estimate of drug-likeness (QED) is 0.549. The average Bonchev–Trinajstić information content (AvgIpc) is 2.15. The van der Waals surface area contributed by atoms with Crippen molar-refractivity contribution in [3.05, 3.63) is 20.8 Å². The molecule has 7 heteroatoms. The third kappa shape index (κ3) is 2.13. The topological polar surface area (TPSA) is 93.9 Å². The maximum absolute atomic E-state index is 11.6. The van der Waals surface area contributed by atoms with Crippen LogP contribution in [0.3, 0.4) is 0 Å². The van der Waals surface area contributed by atoms with E-state index in [0.29, 0.717) is 13.1 Å². The number of aromatic nitrogens is 3. The van der Waals surface area contributed by atoms with Gasteiger partial charge in [0.25, 0.3) is 5.56 Å². The van der Waals surface area contributed by atoms with Crippen LogP contribution < -0.4 is 21.5 Å². The molecule has 1 aliphatic heterocycles. The predicted molar refractivity (Wildman–Crippen MR) is 59.8 cm³/mol. The number of H-pyrrole nitrogens is 2. The van der Waals surface area contributed by atoms with Gasteiger partial charge in [-0.15, -0.1) is 5.10 Å². The number of nitrogens with one attached hydrogen (secondary N) is 3. The Morgan fingerprint density at radius 2 is 1.88 bits per heavy atom. The van der Waals surface area contributed by atoms with E-state index in [2.05, 4.69) is 20.5 Å². The van der Waals surface area contributed by atoms with Gasteiger partial charge in [-0.3, -0.25) is 9.78 Å². The molecule has 1 saturated heterocycles. The van der Waals surface area contributed by atoms with Crippen LogP contribution in [0.4, 0.5) is 5.82 Å². The van der Waals surface area contributed by atoms with E-state index in [9.17, 15) is 9.59 Å². The maximum atomic E-state index is 11.6. The first-order valence-electron chi connectivity index (χ1n) is 5.26. The zero-order valence-corrected chi connectivity index (χ0v) is 9.28. The van der Waals surface area contributed by atoms with Crippen LogP contribution in [0.2, 0.25) is 0 Å². The third-order valence-electron chi connectivity index (χ3n) is 2.55. The molecule has 1 aromatic heterocycles. The number of anilines is 1. The van der Waals surface area contributed by atoms with Crippen LogP contribution in [0.1, 0.15) is 13.8 Å². The summed E-state index contributed by atoms with van der Waals surface area (Å²) in [4.78, 5) is 26.5. The largest absolute Gasteiger partial charge is 0.348 e. The minimum atomic E-state index is -0.579. The van der Waals surface area contributed by atoms with E-state index in [1.165, 1.54) is 0 Å². The number of rotatable bonds is 1. The summed E-state index contributed by atoms with van der Waals surface area (Å²) in [6, 6.07) is 0.578. The summed E-state index contributed by atoms with van der Waals surface area (Å²) in [5, 5.41) is 9.39. The second kappa shape index (κ2) is 4.09. The minimum Gasteiger partial charge on any atom is -0.348 e. The Hall–Kier alpha value is -1.63. The molecule has 2 rings (SSSR count). The first-order valence-corrected chi connectivity index (χ1v) is 5.26. The van der Waals surface area contributed by atoms with Crippen LogP contribution in [0.25, 0.3) is 0 Å². The van der Waals surface area contributed by atoms with Crippen LogP contribution in [0, 0.1) is 0 Å². The van der Waals surface area contributed by atoms with Gasteiger partial charge < -0.3 is 10.2 Å². The van der Waals surface area contributed by atoms with Gasteiger partial charge in [0.15, 0.2) is 0 Å². The summed E-state index contributed by atoms with van der Waals surface area (Å²) in [5.74, 6) is 0.278. The molecular formula is C9H15N5O2. The highest BCUT2D eigenvalue weighted by atomic mass is 16.2. The molecule has 3 N–H and O–H groups in total. The highest BCUT2D eigenvalue weighted by molar-refractivity contribution is 5.35. The Morgan fingerprint density at radius 1 is 1.25 bits per heavy atom. The van der Waals surface area contributed by atoms with Gasteiger partial charge >= 0.3 is 5.69 Å². The number of hydrogen-bond acceptors (Lipinski definition) is 5. The lowest BCUT2D eigenvalue weighted by Crippen LogP contribution is -2.55. The fourth-order valence-corrected chi connectivity index (χ4v) is 2.06. The van der Waals surface area contributed by atoms with Crippen molar-refractivity contribution in [3.8, 4) is 0 Å². The normalized spacial score (nSPS) is 25.8. The molecule has 88 valence electrons. The van der Waals surface area contributed by atoms with Crippen molar-refractivity contribution in [2.24, 2.45) is 0 Å². The van der Waals surface area contributed by atoms with Crippen LogP contribution >= 0.6 is 0 Å². The zero-order valence-electron chi connectivity index (χ0n) is 9.28. The molecular weight excluding hydrogens is 210 g/mol. The lowest BCUT2D eigenvalue weighted by Gasteiger charge is -2.36. The van der Waals surface area contributed by atoms with Crippen molar-refractivity contribution in [2.75, 3.05) is 18.0 Å². The van der Waals surface area contributed by atoms with Gasteiger partial charge in [0.1, 0.15) is 0 Å². The molecule has 0 amide bonds. The molecule has 0 saturated carbocycles. The number of piperazine rings is 1. The summed E-state index contributed by atoms with van der Waals surface area (Å²) >= 11 is 0. The van der Waals surface area contributed by atoms with E-state index in [0.717, 1.165) is 0 Å².